The van der Waals surface area contributed by atoms with Gasteiger partial charge < -0.3 is 9.64 Å². The molecule has 0 spiro atoms. The summed E-state index contributed by atoms with van der Waals surface area (Å²) in [5.41, 5.74) is 1.60. The number of ether oxygens (including phenoxy) is 1. The lowest BCUT2D eigenvalue weighted by Gasteiger charge is -2.25. The van der Waals surface area contributed by atoms with Crippen LogP contribution in [0.4, 0.5) is 5.69 Å². The maximum absolute atomic E-state index is 12.5. The first-order chi connectivity index (χ1) is 15.0. The molecule has 1 saturated heterocycles. The van der Waals surface area contributed by atoms with Gasteiger partial charge in [-0.25, -0.2) is 4.79 Å². The van der Waals surface area contributed by atoms with Gasteiger partial charge in [0.1, 0.15) is 4.88 Å². The van der Waals surface area contributed by atoms with E-state index in [0.717, 1.165) is 61.1 Å². The maximum atomic E-state index is 12.5. The van der Waals surface area contributed by atoms with Gasteiger partial charge in [0, 0.05) is 35.0 Å². The lowest BCUT2D eigenvalue weighted by atomic mass is 10.0. The third kappa shape index (κ3) is 6.03. The Kier molecular flexibility index (Phi) is 8.41. The predicted octanol–water partition coefficient (Wildman–Crippen LogP) is 5.82. The molecular weight excluding hydrogens is 410 g/mol. The van der Waals surface area contributed by atoms with E-state index in [2.05, 4.69) is 6.92 Å². The Morgan fingerprint density at radius 2 is 1.87 bits per heavy atom. The van der Waals surface area contributed by atoms with Crippen molar-refractivity contribution in [3.63, 3.8) is 0 Å². The molecule has 2 heterocycles. The summed E-state index contributed by atoms with van der Waals surface area (Å²) >= 11 is 1.47. The molecule has 1 aliphatic heterocycles. The Morgan fingerprint density at radius 1 is 1.10 bits per heavy atom. The molecule has 3 rings (SSSR count). The van der Waals surface area contributed by atoms with E-state index in [1.807, 2.05) is 41.3 Å². The molecule has 6 heteroatoms. The molecule has 0 N–H and O–H groups in total. The molecule has 5 nitrogen and oxygen atoms in total. The molecule has 2 aromatic rings. The number of benzene rings is 1. The van der Waals surface area contributed by atoms with Gasteiger partial charge in [0.15, 0.2) is 5.78 Å². The number of anilines is 1. The van der Waals surface area contributed by atoms with Crippen molar-refractivity contribution < 1.29 is 19.1 Å². The lowest BCUT2D eigenvalue weighted by molar-refractivity contribution is -0.117. The highest BCUT2D eigenvalue weighted by molar-refractivity contribution is 7.13. The van der Waals surface area contributed by atoms with E-state index in [1.165, 1.54) is 18.4 Å². The number of Topliss-reactive ketones (excluding diaryl/α,β-unsaturated/α-hetero) is 1. The highest BCUT2D eigenvalue weighted by atomic mass is 32.1. The minimum Gasteiger partial charge on any atom is -0.465 e. The van der Waals surface area contributed by atoms with Gasteiger partial charge in [-0.3, -0.25) is 9.59 Å². The van der Waals surface area contributed by atoms with Crippen LogP contribution in [0.15, 0.2) is 36.4 Å². The fourth-order valence-corrected chi connectivity index (χ4v) is 5.06. The molecule has 166 valence electrons. The van der Waals surface area contributed by atoms with Crippen molar-refractivity contribution in [3.05, 3.63) is 51.7 Å². The lowest BCUT2D eigenvalue weighted by Crippen LogP contribution is -2.32. The average molecular weight is 442 g/mol. The van der Waals surface area contributed by atoms with Gasteiger partial charge in [-0.2, -0.15) is 0 Å². The number of nitrogens with zero attached hydrogens (tertiary/aromatic N) is 1. The maximum Gasteiger partial charge on any atom is 0.348 e. The second kappa shape index (κ2) is 11.2. The fraction of sp³-hybridized carbons (Fsp3) is 0.480. The Hall–Kier alpha value is -2.47. The molecule has 1 unspecified atom stereocenters. The number of esters is 1. The predicted molar refractivity (Wildman–Crippen MR) is 124 cm³/mol. The largest absolute Gasteiger partial charge is 0.465 e. The van der Waals surface area contributed by atoms with E-state index >= 15 is 0 Å². The summed E-state index contributed by atoms with van der Waals surface area (Å²) in [5, 5.41) is 0. The van der Waals surface area contributed by atoms with Gasteiger partial charge in [0.2, 0.25) is 5.91 Å². The Labute approximate surface area is 188 Å². The highest BCUT2D eigenvalue weighted by Crippen LogP contribution is 2.30. The standard InChI is InChI=1S/C25H31NO4S/c1-3-4-5-9-22(27)18-10-12-20(13-11-18)26-19(14-17-24(26)28)7-6-8-21-15-16-23(31-21)25(29)30-2/h10-13,15-16,19H,3-9,14,17H2,1-2H3. The topological polar surface area (TPSA) is 63.7 Å². The number of unbranched alkanes of at least 4 members (excludes halogenated alkanes) is 2. The zero-order chi connectivity index (χ0) is 22.2. The molecule has 1 aliphatic rings. The zero-order valence-corrected chi connectivity index (χ0v) is 19.2. The van der Waals surface area contributed by atoms with Crippen molar-refractivity contribution in [3.8, 4) is 0 Å². The second-order valence-corrected chi connectivity index (χ2v) is 9.20. The molecule has 0 aliphatic carbocycles. The van der Waals surface area contributed by atoms with Crippen LogP contribution in [0.2, 0.25) is 0 Å². The first kappa shape index (κ1) is 23.2. The molecule has 1 aromatic carbocycles. The van der Waals surface area contributed by atoms with Gasteiger partial charge >= 0.3 is 5.97 Å². The first-order valence-corrected chi connectivity index (χ1v) is 12.0. The van der Waals surface area contributed by atoms with Crippen molar-refractivity contribution in [2.75, 3.05) is 12.0 Å². The molecule has 0 radical (unpaired) electrons. The van der Waals surface area contributed by atoms with Crippen molar-refractivity contribution in [1.29, 1.82) is 0 Å². The summed E-state index contributed by atoms with van der Waals surface area (Å²) in [7, 11) is 1.39. The van der Waals surface area contributed by atoms with Crippen molar-refractivity contribution in [2.45, 2.75) is 70.8 Å². The third-order valence-electron chi connectivity index (χ3n) is 5.81. The number of rotatable bonds is 11. The molecule has 31 heavy (non-hydrogen) atoms. The van der Waals surface area contributed by atoms with Crippen LogP contribution in [0, 0.1) is 0 Å². The number of carbonyl (C=O) groups is 3. The van der Waals surface area contributed by atoms with E-state index in [-0.39, 0.29) is 23.7 Å². The van der Waals surface area contributed by atoms with Gasteiger partial charge in [-0.15, -0.1) is 11.3 Å². The minimum atomic E-state index is -0.295. The van der Waals surface area contributed by atoms with E-state index in [9.17, 15) is 14.4 Å². The van der Waals surface area contributed by atoms with Crippen LogP contribution >= 0.6 is 11.3 Å². The van der Waals surface area contributed by atoms with Crippen molar-refractivity contribution in [1.82, 2.24) is 0 Å². The minimum absolute atomic E-state index is 0.149. The number of aryl methyl sites for hydroxylation is 1. The number of hydrogen-bond donors (Lipinski definition) is 0. The highest BCUT2D eigenvalue weighted by Gasteiger charge is 2.31. The van der Waals surface area contributed by atoms with Gasteiger partial charge in [0.05, 0.1) is 7.11 Å². The molecule has 1 aromatic heterocycles. The van der Waals surface area contributed by atoms with Crippen LogP contribution in [0.3, 0.4) is 0 Å². The first-order valence-electron chi connectivity index (χ1n) is 11.2. The van der Waals surface area contributed by atoms with Crippen LogP contribution < -0.4 is 4.90 Å². The van der Waals surface area contributed by atoms with Crippen LogP contribution in [0.1, 0.15) is 83.2 Å². The van der Waals surface area contributed by atoms with Crippen LogP contribution in [0.25, 0.3) is 0 Å². The second-order valence-electron chi connectivity index (χ2n) is 8.03. The Balaban J connectivity index is 1.56. The zero-order valence-electron chi connectivity index (χ0n) is 18.4. The van der Waals surface area contributed by atoms with E-state index in [0.29, 0.717) is 17.7 Å². The van der Waals surface area contributed by atoms with Crippen LogP contribution in [-0.4, -0.2) is 30.8 Å². The summed E-state index contributed by atoms with van der Waals surface area (Å²) in [6, 6.07) is 11.5. The quantitative estimate of drug-likeness (QED) is 0.250. The molecule has 1 fully saturated rings. The van der Waals surface area contributed by atoms with Gasteiger partial charge in [0.25, 0.3) is 0 Å². The van der Waals surface area contributed by atoms with Crippen molar-refractivity contribution in [2.24, 2.45) is 0 Å². The van der Waals surface area contributed by atoms with Gasteiger partial charge in [-0.1, -0.05) is 19.8 Å². The Morgan fingerprint density at radius 3 is 2.58 bits per heavy atom. The number of thiophene rings is 1. The molecule has 0 bridgehead atoms. The van der Waals surface area contributed by atoms with Crippen LogP contribution in [-0.2, 0) is 16.0 Å². The number of ketones is 1. The summed E-state index contributed by atoms with van der Waals surface area (Å²) in [4.78, 5) is 40.1. The number of amides is 1. The SMILES string of the molecule is CCCCCC(=O)c1ccc(N2C(=O)CCC2CCCc2ccc(C(=O)OC)s2)cc1. The third-order valence-corrected chi connectivity index (χ3v) is 6.93. The summed E-state index contributed by atoms with van der Waals surface area (Å²) in [5.74, 6) is 0.0267. The molecule has 0 saturated carbocycles. The van der Waals surface area contributed by atoms with Crippen molar-refractivity contribution >= 4 is 34.7 Å². The van der Waals surface area contributed by atoms with Gasteiger partial charge in [-0.05, 0) is 68.5 Å². The summed E-state index contributed by atoms with van der Waals surface area (Å²) in [6.07, 6.45) is 7.84. The average Bonchev–Trinajstić information content (AvgIpc) is 3.40. The van der Waals surface area contributed by atoms with E-state index < -0.39 is 0 Å². The summed E-state index contributed by atoms with van der Waals surface area (Å²) < 4.78 is 4.76. The number of carbonyl (C=O) groups excluding carboxylic acids is 3. The fourth-order valence-electron chi connectivity index (χ4n) is 4.09. The number of methoxy groups -OCH3 is 1. The molecular formula is C25H31NO4S. The Bertz CT molecular complexity index is 903. The van der Waals surface area contributed by atoms with Crippen LogP contribution in [0.5, 0.6) is 0 Å². The molecule has 1 amide bonds. The normalized spacial score (nSPS) is 16.0. The van der Waals surface area contributed by atoms with E-state index in [4.69, 9.17) is 4.74 Å². The smallest absolute Gasteiger partial charge is 0.348 e. The molecule has 1 atom stereocenters. The monoisotopic (exact) mass is 441 g/mol. The van der Waals surface area contributed by atoms with E-state index in [1.54, 1.807) is 0 Å². The number of hydrogen-bond acceptors (Lipinski definition) is 5. The summed E-state index contributed by atoms with van der Waals surface area (Å²) in [6.45, 7) is 2.13.